The molecule has 0 heterocycles. The van der Waals surface area contributed by atoms with E-state index in [1.807, 2.05) is 0 Å². The Balaban J connectivity index is 1.84. The van der Waals surface area contributed by atoms with Crippen LogP contribution in [-0.2, 0) is 17.8 Å². The van der Waals surface area contributed by atoms with Crippen LogP contribution in [0.3, 0.4) is 0 Å². The zero-order chi connectivity index (χ0) is 20.0. The number of benzene rings is 2. The minimum absolute atomic E-state index is 0.132. The van der Waals surface area contributed by atoms with Crippen molar-refractivity contribution in [3.8, 4) is 5.75 Å². The molecule has 1 N–H and O–H groups in total. The maximum atomic E-state index is 12.2. The van der Waals surface area contributed by atoms with E-state index in [2.05, 4.69) is 4.74 Å². The van der Waals surface area contributed by atoms with E-state index in [0.29, 0.717) is 13.0 Å². The number of carbonyl (C=O) groups is 2. The standard InChI is InChI=1S/C19H18F3NO4/c1-23(12-14-2-7-15(8-3-14)18(25)26)17(24)11-6-13-4-9-16(10-5-13)27-19(20,21)22/h2-5,7-10H,6,11-12H2,1H3,(H,25,26). The van der Waals surface area contributed by atoms with E-state index in [1.165, 1.54) is 41.3 Å². The molecule has 1 amide bonds. The van der Waals surface area contributed by atoms with Crippen LogP contribution in [0.25, 0.3) is 0 Å². The molecule has 2 aromatic carbocycles. The van der Waals surface area contributed by atoms with Gasteiger partial charge in [-0.2, -0.15) is 0 Å². The highest BCUT2D eigenvalue weighted by Gasteiger charge is 2.30. The number of aryl methyl sites for hydroxylation is 1. The molecule has 0 atom stereocenters. The maximum Gasteiger partial charge on any atom is 0.573 e. The molecular weight excluding hydrogens is 363 g/mol. The van der Waals surface area contributed by atoms with E-state index in [4.69, 9.17) is 5.11 Å². The van der Waals surface area contributed by atoms with Crippen molar-refractivity contribution >= 4 is 11.9 Å². The van der Waals surface area contributed by atoms with Crippen LogP contribution in [0.15, 0.2) is 48.5 Å². The predicted molar refractivity (Wildman–Crippen MR) is 91.3 cm³/mol. The Bertz CT molecular complexity index is 786. The monoisotopic (exact) mass is 381 g/mol. The molecule has 0 aliphatic rings. The molecule has 0 saturated heterocycles. The van der Waals surface area contributed by atoms with Gasteiger partial charge in [-0.25, -0.2) is 4.79 Å². The van der Waals surface area contributed by atoms with Crippen molar-refractivity contribution in [3.05, 3.63) is 65.2 Å². The number of rotatable bonds is 7. The van der Waals surface area contributed by atoms with Gasteiger partial charge >= 0.3 is 12.3 Å². The Hall–Kier alpha value is -3.03. The van der Waals surface area contributed by atoms with Gasteiger partial charge in [0.15, 0.2) is 0 Å². The summed E-state index contributed by atoms with van der Waals surface area (Å²) < 4.78 is 40.2. The fourth-order valence-corrected chi connectivity index (χ4v) is 2.41. The van der Waals surface area contributed by atoms with Crippen LogP contribution in [0.1, 0.15) is 27.9 Å². The van der Waals surface area contributed by atoms with Gasteiger partial charge in [-0.05, 0) is 41.8 Å². The van der Waals surface area contributed by atoms with Crippen LogP contribution >= 0.6 is 0 Å². The Kier molecular flexibility index (Phi) is 6.44. The number of aromatic carboxylic acids is 1. The van der Waals surface area contributed by atoms with Crippen LogP contribution in [0.5, 0.6) is 5.75 Å². The van der Waals surface area contributed by atoms with Gasteiger partial charge in [0, 0.05) is 20.0 Å². The smallest absolute Gasteiger partial charge is 0.478 e. The average molecular weight is 381 g/mol. The van der Waals surface area contributed by atoms with Gasteiger partial charge in [0.1, 0.15) is 5.75 Å². The van der Waals surface area contributed by atoms with Crippen LogP contribution < -0.4 is 4.74 Å². The fourth-order valence-electron chi connectivity index (χ4n) is 2.41. The van der Waals surface area contributed by atoms with Crippen molar-refractivity contribution in [3.63, 3.8) is 0 Å². The molecule has 0 radical (unpaired) electrons. The van der Waals surface area contributed by atoms with E-state index in [9.17, 15) is 22.8 Å². The summed E-state index contributed by atoms with van der Waals surface area (Å²) in [5.41, 5.74) is 1.69. The summed E-state index contributed by atoms with van der Waals surface area (Å²) in [6.45, 7) is 0.330. The summed E-state index contributed by atoms with van der Waals surface area (Å²) in [5.74, 6) is -1.45. The molecule has 0 unspecified atom stereocenters. The lowest BCUT2D eigenvalue weighted by atomic mass is 10.1. The second-order valence-electron chi connectivity index (χ2n) is 5.94. The van der Waals surface area contributed by atoms with E-state index in [0.717, 1.165) is 11.1 Å². The summed E-state index contributed by atoms with van der Waals surface area (Å²) >= 11 is 0. The molecule has 144 valence electrons. The van der Waals surface area contributed by atoms with Gasteiger partial charge in [-0.15, -0.1) is 13.2 Å². The highest BCUT2D eigenvalue weighted by molar-refractivity contribution is 5.87. The SMILES string of the molecule is CN(Cc1ccc(C(=O)O)cc1)C(=O)CCc1ccc(OC(F)(F)F)cc1. The molecule has 5 nitrogen and oxygen atoms in total. The number of carboxylic acid groups (broad SMARTS) is 1. The fraction of sp³-hybridized carbons (Fsp3) is 0.263. The summed E-state index contributed by atoms with van der Waals surface area (Å²) in [6.07, 6.45) is -4.15. The Labute approximate surface area is 154 Å². The predicted octanol–water partition coefficient (Wildman–Crippen LogP) is 3.87. The first-order valence-corrected chi connectivity index (χ1v) is 8.05. The molecule has 2 aromatic rings. The number of alkyl halides is 3. The van der Waals surface area contributed by atoms with Gasteiger partial charge in [0.25, 0.3) is 0 Å². The first kappa shape index (κ1) is 20.3. The van der Waals surface area contributed by atoms with Crippen molar-refractivity contribution in [2.75, 3.05) is 7.05 Å². The summed E-state index contributed by atoms with van der Waals surface area (Å²) in [4.78, 5) is 24.5. The molecule has 0 fully saturated rings. The van der Waals surface area contributed by atoms with Crippen LogP contribution in [-0.4, -0.2) is 35.3 Å². The molecule has 0 aliphatic heterocycles. The van der Waals surface area contributed by atoms with E-state index in [1.54, 1.807) is 19.2 Å². The average Bonchev–Trinajstić information content (AvgIpc) is 2.60. The van der Waals surface area contributed by atoms with Crippen molar-refractivity contribution < 1.29 is 32.6 Å². The second-order valence-corrected chi connectivity index (χ2v) is 5.94. The number of nitrogens with zero attached hydrogens (tertiary/aromatic N) is 1. The Morgan fingerprint density at radius 3 is 2.07 bits per heavy atom. The van der Waals surface area contributed by atoms with Gasteiger partial charge in [-0.1, -0.05) is 24.3 Å². The third kappa shape index (κ3) is 6.65. The molecule has 0 aliphatic carbocycles. The Morgan fingerprint density at radius 2 is 1.56 bits per heavy atom. The van der Waals surface area contributed by atoms with Crippen LogP contribution in [0.2, 0.25) is 0 Å². The van der Waals surface area contributed by atoms with Crippen molar-refractivity contribution in [1.29, 1.82) is 0 Å². The van der Waals surface area contributed by atoms with Crippen LogP contribution in [0.4, 0.5) is 13.2 Å². The van der Waals surface area contributed by atoms with E-state index in [-0.39, 0.29) is 23.6 Å². The van der Waals surface area contributed by atoms with Crippen LogP contribution in [0, 0.1) is 0 Å². The lowest BCUT2D eigenvalue weighted by Crippen LogP contribution is -2.26. The third-order valence-corrected chi connectivity index (χ3v) is 3.83. The Morgan fingerprint density at radius 1 is 1.00 bits per heavy atom. The summed E-state index contributed by atoms with van der Waals surface area (Å²) in [6, 6.07) is 11.6. The molecule has 0 saturated carbocycles. The van der Waals surface area contributed by atoms with Gasteiger partial charge in [-0.3, -0.25) is 4.79 Å². The zero-order valence-corrected chi connectivity index (χ0v) is 14.5. The van der Waals surface area contributed by atoms with Crippen molar-refractivity contribution in [2.45, 2.75) is 25.7 Å². The number of carbonyl (C=O) groups excluding carboxylic acids is 1. The lowest BCUT2D eigenvalue weighted by molar-refractivity contribution is -0.274. The highest BCUT2D eigenvalue weighted by Crippen LogP contribution is 2.23. The second kappa shape index (κ2) is 8.57. The number of hydrogen-bond acceptors (Lipinski definition) is 3. The van der Waals surface area contributed by atoms with Gasteiger partial charge in [0.2, 0.25) is 5.91 Å². The first-order valence-electron chi connectivity index (χ1n) is 8.05. The third-order valence-electron chi connectivity index (χ3n) is 3.83. The molecule has 8 heteroatoms. The number of carboxylic acids is 1. The number of ether oxygens (including phenoxy) is 1. The quantitative estimate of drug-likeness (QED) is 0.791. The number of amides is 1. The number of hydrogen-bond donors (Lipinski definition) is 1. The number of halogens is 3. The van der Waals surface area contributed by atoms with E-state index < -0.39 is 12.3 Å². The topological polar surface area (TPSA) is 66.8 Å². The molecule has 2 rings (SSSR count). The lowest BCUT2D eigenvalue weighted by Gasteiger charge is -2.17. The van der Waals surface area contributed by atoms with Gasteiger partial charge in [0.05, 0.1) is 5.56 Å². The summed E-state index contributed by atoms with van der Waals surface area (Å²) in [7, 11) is 1.63. The molecular formula is C19H18F3NO4. The highest BCUT2D eigenvalue weighted by atomic mass is 19.4. The van der Waals surface area contributed by atoms with Crippen molar-refractivity contribution in [1.82, 2.24) is 4.90 Å². The van der Waals surface area contributed by atoms with Crippen molar-refractivity contribution in [2.24, 2.45) is 0 Å². The molecule has 0 spiro atoms. The molecule has 0 aromatic heterocycles. The maximum absolute atomic E-state index is 12.2. The minimum atomic E-state index is -4.73. The minimum Gasteiger partial charge on any atom is -0.478 e. The molecule has 0 bridgehead atoms. The molecule has 27 heavy (non-hydrogen) atoms. The zero-order valence-electron chi connectivity index (χ0n) is 14.5. The summed E-state index contributed by atoms with van der Waals surface area (Å²) in [5, 5.41) is 8.87. The normalized spacial score (nSPS) is 11.1. The largest absolute Gasteiger partial charge is 0.573 e. The van der Waals surface area contributed by atoms with E-state index >= 15 is 0 Å². The first-order chi connectivity index (χ1) is 12.6. The van der Waals surface area contributed by atoms with Gasteiger partial charge < -0.3 is 14.7 Å².